The molecule has 25 heavy (non-hydrogen) atoms. The third-order valence-corrected chi connectivity index (χ3v) is 4.18. The van der Waals surface area contributed by atoms with Crippen molar-refractivity contribution < 1.29 is 0 Å². The van der Waals surface area contributed by atoms with Crippen molar-refractivity contribution >= 4 is 23.1 Å². The van der Waals surface area contributed by atoms with Crippen LogP contribution < -0.4 is 10.6 Å². The largest absolute Gasteiger partial charge is 0.358 e. The molecule has 0 spiro atoms. The number of hydrogen-bond donors (Lipinski definition) is 2. The van der Waals surface area contributed by atoms with Crippen LogP contribution in [0.3, 0.4) is 0 Å². The molecule has 0 saturated carbocycles. The lowest BCUT2D eigenvalue weighted by atomic mass is 10.0. The third kappa shape index (κ3) is 5.13. The van der Waals surface area contributed by atoms with Crippen LogP contribution >= 0.6 is 12.2 Å². The SMILES string of the molecule is Cc1ccc(Cc2cccnc2NC(=S)NCc2ccccc2)cc1. The molecule has 0 aliphatic heterocycles. The number of thiocarbonyl (C=S) groups is 1. The summed E-state index contributed by atoms with van der Waals surface area (Å²) in [6.45, 7) is 2.78. The Hall–Kier alpha value is -2.72. The monoisotopic (exact) mass is 347 g/mol. The minimum Gasteiger partial charge on any atom is -0.358 e. The molecular weight excluding hydrogens is 326 g/mol. The highest BCUT2D eigenvalue weighted by atomic mass is 32.1. The Kier molecular flexibility index (Phi) is 5.75. The van der Waals surface area contributed by atoms with E-state index in [2.05, 4.69) is 65.0 Å². The van der Waals surface area contributed by atoms with E-state index in [0.29, 0.717) is 11.7 Å². The zero-order valence-electron chi connectivity index (χ0n) is 14.2. The first-order valence-electron chi connectivity index (χ1n) is 8.29. The Balaban J connectivity index is 1.64. The Morgan fingerprint density at radius 3 is 2.44 bits per heavy atom. The van der Waals surface area contributed by atoms with Gasteiger partial charge in [0, 0.05) is 19.2 Å². The van der Waals surface area contributed by atoms with Gasteiger partial charge in [0.1, 0.15) is 5.82 Å². The van der Waals surface area contributed by atoms with Crippen molar-refractivity contribution in [1.29, 1.82) is 0 Å². The summed E-state index contributed by atoms with van der Waals surface area (Å²) in [6, 6.07) is 22.8. The van der Waals surface area contributed by atoms with Crippen LogP contribution in [0.4, 0.5) is 5.82 Å². The van der Waals surface area contributed by atoms with Crippen LogP contribution in [0.15, 0.2) is 72.9 Å². The standard InChI is InChI=1S/C21H21N3S/c1-16-9-11-17(12-10-16)14-19-8-5-13-22-20(19)24-21(25)23-15-18-6-3-2-4-7-18/h2-13H,14-15H2,1H3,(H2,22,23,24,25). The predicted molar refractivity (Wildman–Crippen MR) is 108 cm³/mol. The lowest BCUT2D eigenvalue weighted by Crippen LogP contribution is -2.28. The quantitative estimate of drug-likeness (QED) is 0.668. The van der Waals surface area contributed by atoms with E-state index in [0.717, 1.165) is 17.8 Å². The van der Waals surface area contributed by atoms with Gasteiger partial charge in [0.25, 0.3) is 0 Å². The van der Waals surface area contributed by atoms with E-state index < -0.39 is 0 Å². The number of nitrogens with one attached hydrogen (secondary N) is 2. The summed E-state index contributed by atoms with van der Waals surface area (Å²) in [4.78, 5) is 4.45. The number of pyridine rings is 1. The van der Waals surface area contributed by atoms with Crippen molar-refractivity contribution in [3.63, 3.8) is 0 Å². The molecule has 3 rings (SSSR count). The second-order valence-electron chi connectivity index (χ2n) is 5.97. The molecule has 0 radical (unpaired) electrons. The van der Waals surface area contributed by atoms with Crippen molar-refractivity contribution in [3.8, 4) is 0 Å². The van der Waals surface area contributed by atoms with Gasteiger partial charge in [-0.3, -0.25) is 0 Å². The van der Waals surface area contributed by atoms with Crippen molar-refractivity contribution in [2.75, 3.05) is 5.32 Å². The van der Waals surface area contributed by atoms with E-state index in [1.54, 1.807) is 6.20 Å². The summed E-state index contributed by atoms with van der Waals surface area (Å²) in [6.07, 6.45) is 2.60. The number of nitrogens with zero attached hydrogens (tertiary/aromatic N) is 1. The van der Waals surface area contributed by atoms with Gasteiger partial charge in [0.15, 0.2) is 5.11 Å². The van der Waals surface area contributed by atoms with Crippen LogP contribution in [0.5, 0.6) is 0 Å². The first-order chi connectivity index (χ1) is 12.2. The summed E-state index contributed by atoms with van der Waals surface area (Å²) >= 11 is 5.41. The minimum absolute atomic E-state index is 0.577. The average molecular weight is 347 g/mol. The molecule has 0 aliphatic rings. The lowest BCUT2D eigenvalue weighted by Gasteiger charge is -2.13. The van der Waals surface area contributed by atoms with E-state index in [4.69, 9.17) is 12.2 Å². The fourth-order valence-corrected chi connectivity index (χ4v) is 2.72. The van der Waals surface area contributed by atoms with Crippen molar-refractivity contribution in [2.24, 2.45) is 0 Å². The number of benzene rings is 2. The highest BCUT2D eigenvalue weighted by molar-refractivity contribution is 7.80. The third-order valence-electron chi connectivity index (χ3n) is 3.93. The predicted octanol–water partition coefficient (Wildman–Crippen LogP) is 4.47. The van der Waals surface area contributed by atoms with E-state index in [1.807, 2.05) is 24.3 Å². The molecule has 0 amide bonds. The Morgan fingerprint density at radius 2 is 1.68 bits per heavy atom. The molecule has 3 nitrogen and oxygen atoms in total. The Labute approximate surface area is 154 Å². The normalized spacial score (nSPS) is 10.3. The maximum Gasteiger partial charge on any atom is 0.172 e. The number of aryl methyl sites for hydroxylation is 1. The summed E-state index contributed by atoms with van der Waals surface area (Å²) in [5.74, 6) is 0.800. The summed E-state index contributed by atoms with van der Waals surface area (Å²) < 4.78 is 0. The molecule has 0 fully saturated rings. The first kappa shape index (κ1) is 17.1. The molecule has 126 valence electrons. The first-order valence-corrected chi connectivity index (χ1v) is 8.70. The van der Waals surface area contributed by atoms with Gasteiger partial charge in [0.05, 0.1) is 0 Å². The second kappa shape index (κ2) is 8.40. The molecular formula is C21H21N3S. The summed E-state index contributed by atoms with van der Waals surface area (Å²) in [5, 5.41) is 7.02. The van der Waals surface area contributed by atoms with Crippen LogP contribution in [0, 0.1) is 6.92 Å². The maximum atomic E-state index is 5.41. The summed E-state index contributed by atoms with van der Waals surface area (Å²) in [7, 11) is 0. The molecule has 0 bridgehead atoms. The molecule has 3 aromatic rings. The molecule has 2 N–H and O–H groups in total. The fourth-order valence-electron chi connectivity index (χ4n) is 2.55. The van der Waals surface area contributed by atoms with Crippen molar-refractivity contribution in [2.45, 2.75) is 19.9 Å². The van der Waals surface area contributed by atoms with Crippen LogP contribution in [0.25, 0.3) is 0 Å². The van der Waals surface area contributed by atoms with Gasteiger partial charge in [-0.15, -0.1) is 0 Å². The van der Waals surface area contributed by atoms with Crippen LogP contribution in [-0.4, -0.2) is 10.1 Å². The number of rotatable bonds is 5. The van der Waals surface area contributed by atoms with Gasteiger partial charge in [-0.25, -0.2) is 4.98 Å². The zero-order chi connectivity index (χ0) is 17.5. The van der Waals surface area contributed by atoms with Gasteiger partial charge in [0.2, 0.25) is 0 Å². The van der Waals surface area contributed by atoms with E-state index in [1.165, 1.54) is 16.7 Å². The molecule has 0 unspecified atom stereocenters. The number of anilines is 1. The van der Waals surface area contributed by atoms with Crippen LogP contribution in [-0.2, 0) is 13.0 Å². The fraction of sp³-hybridized carbons (Fsp3) is 0.143. The minimum atomic E-state index is 0.577. The molecule has 1 heterocycles. The molecule has 4 heteroatoms. The zero-order valence-corrected chi connectivity index (χ0v) is 15.0. The Bertz CT molecular complexity index is 829. The van der Waals surface area contributed by atoms with Crippen molar-refractivity contribution in [3.05, 3.63) is 95.2 Å². The molecule has 1 aromatic heterocycles. The molecule has 0 aliphatic carbocycles. The number of aromatic nitrogens is 1. The lowest BCUT2D eigenvalue weighted by molar-refractivity contribution is 0.924. The van der Waals surface area contributed by atoms with Gasteiger partial charge < -0.3 is 10.6 Å². The van der Waals surface area contributed by atoms with E-state index in [-0.39, 0.29) is 0 Å². The average Bonchev–Trinajstić information content (AvgIpc) is 2.64. The van der Waals surface area contributed by atoms with Gasteiger partial charge in [-0.05, 0) is 41.9 Å². The van der Waals surface area contributed by atoms with Crippen molar-refractivity contribution in [1.82, 2.24) is 10.3 Å². The highest BCUT2D eigenvalue weighted by Crippen LogP contribution is 2.17. The molecule has 0 saturated heterocycles. The van der Waals surface area contributed by atoms with E-state index in [9.17, 15) is 0 Å². The smallest absolute Gasteiger partial charge is 0.172 e. The van der Waals surface area contributed by atoms with Gasteiger partial charge in [-0.2, -0.15) is 0 Å². The van der Waals surface area contributed by atoms with Crippen LogP contribution in [0.1, 0.15) is 22.3 Å². The number of hydrogen-bond acceptors (Lipinski definition) is 2. The Morgan fingerprint density at radius 1 is 0.920 bits per heavy atom. The van der Waals surface area contributed by atoms with Gasteiger partial charge in [-0.1, -0.05) is 66.2 Å². The topological polar surface area (TPSA) is 37.0 Å². The van der Waals surface area contributed by atoms with Crippen LogP contribution in [0.2, 0.25) is 0 Å². The second-order valence-corrected chi connectivity index (χ2v) is 6.38. The molecule has 0 atom stereocenters. The van der Waals surface area contributed by atoms with Gasteiger partial charge >= 0.3 is 0 Å². The van der Waals surface area contributed by atoms with E-state index >= 15 is 0 Å². The summed E-state index contributed by atoms with van der Waals surface area (Å²) in [5.41, 5.74) is 4.83. The molecule has 2 aromatic carbocycles. The maximum absolute atomic E-state index is 5.41. The highest BCUT2D eigenvalue weighted by Gasteiger charge is 2.06.